The van der Waals surface area contributed by atoms with Crippen LogP contribution in [0.25, 0.3) is 0 Å². The minimum atomic E-state index is -0.767. The number of halogens is 1. The number of amides is 1. The Labute approximate surface area is 182 Å². The molecule has 31 heavy (non-hydrogen) atoms. The minimum Gasteiger partial charge on any atom is -0.488 e. The first kappa shape index (κ1) is 21.7. The maximum atomic E-state index is 13.6. The number of likely N-dealkylation sites (tertiary alicyclic amines) is 1. The lowest BCUT2D eigenvalue weighted by molar-refractivity contribution is -0.0228. The predicted octanol–water partition coefficient (Wildman–Crippen LogP) is 2.62. The summed E-state index contributed by atoms with van der Waals surface area (Å²) < 4.78 is 25.1. The summed E-state index contributed by atoms with van der Waals surface area (Å²) >= 11 is 0. The van der Waals surface area contributed by atoms with Gasteiger partial charge in [0.05, 0.1) is 18.2 Å². The summed E-state index contributed by atoms with van der Waals surface area (Å²) in [7, 11) is 1.72. The van der Waals surface area contributed by atoms with Gasteiger partial charge in [0.2, 0.25) is 0 Å². The van der Waals surface area contributed by atoms with Gasteiger partial charge in [-0.2, -0.15) is 0 Å². The first-order valence-electron chi connectivity index (χ1n) is 10.8. The fraction of sp³-hybridized carbons (Fsp3) is 0.458. The van der Waals surface area contributed by atoms with Crippen LogP contribution in [0.5, 0.6) is 5.75 Å². The first-order valence-corrected chi connectivity index (χ1v) is 10.8. The number of aliphatic hydroxyl groups excluding tert-OH is 1. The van der Waals surface area contributed by atoms with Crippen molar-refractivity contribution in [2.24, 2.45) is 0 Å². The van der Waals surface area contributed by atoms with Crippen LogP contribution in [0.4, 0.5) is 4.39 Å². The highest BCUT2D eigenvalue weighted by Gasteiger charge is 2.48. The quantitative estimate of drug-likeness (QED) is 0.740. The average Bonchev–Trinajstić information content (AvgIpc) is 3.09. The molecule has 2 aromatic carbocycles. The maximum Gasteiger partial charge on any atom is 0.251 e. The third-order valence-corrected chi connectivity index (χ3v) is 6.29. The largest absolute Gasteiger partial charge is 0.488 e. The van der Waals surface area contributed by atoms with Crippen molar-refractivity contribution < 1.29 is 23.8 Å². The van der Waals surface area contributed by atoms with E-state index in [1.165, 1.54) is 18.2 Å². The van der Waals surface area contributed by atoms with Crippen molar-refractivity contribution in [3.8, 4) is 5.75 Å². The van der Waals surface area contributed by atoms with Gasteiger partial charge >= 0.3 is 0 Å². The third-order valence-electron chi connectivity index (χ3n) is 6.29. The molecule has 0 radical (unpaired) electrons. The number of hydrogen-bond acceptors (Lipinski definition) is 5. The molecule has 166 valence electrons. The molecule has 1 aliphatic carbocycles. The number of aliphatic hydroxyl groups is 1. The highest BCUT2D eigenvalue weighted by atomic mass is 19.1. The van der Waals surface area contributed by atoms with Crippen LogP contribution >= 0.6 is 0 Å². The maximum absolute atomic E-state index is 13.6. The molecule has 0 bridgehead atoms. The van der Waals surface area contributed by atoms with Gasteiger partial charge < -0.3 is 19.9 Å². The van der Waals surface area contributed by atoms with Crippen LogP contribution in [-0.4, -0.2) is 66.5 Å². The van der Waals surface area contributed by atoms with Crippen LogP contribution in [0.3, 0.4) is 0 Å². The van der Waals surface area contributed by atoms with Crippen LogP contribution in [0.2, 0.25) is 0 Å². The summed E-state index contributed by atoms with van der Waals surface area (Å²) in [6.45, 7) is 1.54. The number of nitrogens with zero attached hydrogens (tertiary/aromatic N) is 1. The smallest absolute Gasteiger partial charge is 0.251 e. The fourth-order valence-corrected chi connectivity index (χ4v) is 4.68. The number of benzene rings is 2. The van der Waals surface area contributed by atoms with E-state index in [0.29, 0.717) is 12.2 Å². The molecule has 2 aliphatic rings. The van der Waals surface area contributed by atoms with Gasteiger partial charge in [-0.3, -0.25) is 9.69 Å². The molecular weight excluding hydrogens is 399 g/mol. The molecular formula is C24H29FN2O4. The fourth-order valence-electron chi connectivity index (χ4n) is 4.68. The Hall–Kier alpha value is -2.48. The van der Waals surface area contributed by atoms with E-state index in [4.69, 9.17) is 9.47 Å². The molecule has 1 aliphatic heterocycles. The summed E-state index contributed by atoms with van der Waals surface area (Å²) in [5.74, 6) is -0.128. The van der Waals surface area contributed by atoms with Gasteiger partial charge in [0.1, 0.15) is 23.8 Å². The Bertz CT molecular complexity index is 873. The van der Waals surface area contributed by atoms with Crippen molar-refractivity contribution in [2.75, 3.05) is 20.2 Å². The molecule has 6 nitrogen and oxygen atoms in total. The summed E-state index contributed by atoms with van der Waals surface area (Å²) in [6, 6.07) is 14.4. The molecule has 1 heterocycles. The summed E-state index contributed by atoms with van der Waals surface area (Å²) in [5.41, 5.74) is 0.263. The number of carbonyl (C=O) groups excluding carboxylic acids is 1. The van der Waals surface area contributed by atoms with Gasteiger partial charge in [-0.1, -0.05) is 24.3 Å². The van der Waals surface area contributed by atoms with E-state index in [-0.39, 0.29) is 29.7 Å². The number of nitrogens with one attached hydrogen (secondary N) is 1. The highest BCUT2D eigenvalue weighted by molar-refractivity contribution is 5.94. The van der Waals surface area contributed by atoms with Crippen LogP contribution in [-0.2, 0) is 4.74 Å². The van der Waals surface area contributed by atoms with E-state index in [1.807, 2.05) is 30.3 Å². The monoisotopic (exact) mass is 428 g/mol. The molecule has 0 unspecified atom stereocenters. The van der Waals surface area contributed by atoms with E-state index in [2.05, 4.69) is 10.2 Å². The Morgan fingerprint density at radius 3 is 2.55 bits per heavy atom. The summed E-state index contributed by atoms with van der Waals surface area (Å²) in [4.78, 5) is 15.0. The third kappa shape index (κ3) is 5.06. The highest BCUT2D eigenvalue weighted by Crippen LogP contribution is 2.31. The van der Waals surface area contributed by atoms with E-state index in [1.54, 1.807) is 13.2 Å². The molecule has 2 N–H and O–H groups in total. The number of para-hydroxylation sites is 1. The van der Waals surface area contributed by atoms with Crippen molar-refractivity contribution in [2.45, 2.75) is 49.7 Å². The van der Waals surface area contributed by atoms with Crippen molar-refractivity contribution in [3.63, 3.8) is 0 Å². The summed E-state index contributed by atoms with van der Waals surface area (Å²) in [6.07, 6.45) is 1.20. The Balaban J connectivity index is 1.51. The standard InChI is InChI=1S/C24H29FN2O4/c1-30-18-10-12-27(13-11-18)22-20(26-24(29)16-6-5-7-17(25)14-16)15-21(23(22)28)31-19-8-3-2-4-9-19/h2-9,14,18,20-23,28H,10-13,15H2,1H3,(H,26,29)/t20-,21-,22+,23+/m1/s1. The van der Waals surface area contributed by atoms with E-state index in [0.717, 1.165) is 25.9 Å². The van der Waals surface area contributed by atoms with Crippen molar-refractivity contribution >= 4 is 5.91 Å². The predicted molar refractivity (Wildman–Crippen MR) is 115 cm³/mol. The molecule has 0 spiro atoms. The lowest BCUT2D eigenvalue weighted by Gasteiger charge is -2.39. The summed E-state index contributed by atoms with van der Waals surface area (Å²) in [5, 5.41) is 14.2. The van der Waals surface area contributed by atoms with Gasteiger partial charge in [0, 0.05) is 32.2 Å². The number of piperidine rings is 1. The lowest BCUT2D eigenvalue weighted by Crippen LogP contribution is -2.56. The molecule has 4 rings (SSSR count). The molecule has 1 amide bonds. The van der Waals surface area contributed by atoms with Crippen molar-refractivity contribution in [1.82, 2.24) is 10.2 Å². The SMILES string of the molecule is COC1CCN([C@@H]2[C@@H](O)[C@H](Oc3ccccc3)C[C@H]2NC(=O)c2cccc(F)c2)CC1. The van der Waals surface area contributed by atoms with Gasteiger partial charge in [0.15, 0.2) is 0 Å². The van der Waals surface area contributed by atoms with Crippen LogP contribution in [0, 0.1) is 5.82 Å². The second kappa shape index (κ2) is 9.77. The van der Waals surface area contributed by atoms with E-state index in [9.17, 15) is 14.3 Å². The number of ether oxygens (including phenoxy) is 2. The molecule has 4 atom stereocenters. The molecule has 2 fully saturated rings. The zero-order chi connectivity index (χ0) is 21.8. The normalized spacial score (nSPS) is 27.2. The zero-order valence-corrected chi connectivity index (χ0v) is 17.6. The molecule has 7 heteroatoms. The Morgan fingerprint density at radius 1 is 1.13 bits per heavy atom. The molecule has 1 saturated heterocycles. The van der Waals surface area contributed by atoms with Crippen LogP contribution < -0.4 is 10.1 Å². The molecule has 2 aromatic rings. The zero-order valence-electron chi connectivity index (χ0n) is 17.6. The van der Waals surface area contributed by atoms with Gasteiger partial charge in [-0.25, -0.2) is 4.39 Å². The van der Waals surface area contributed by atoms with Gasteiger partial charge in [0.25, 0.3) is 5.91 Å². The lowest BCUT2D eigenvalue weighted by atomic mass is 10.0. The van der Waals surface area contributed by atoms with Crippen molar-refractivity contribution in [1.29, 1.82) is 0 Å². The number of rotatable bonds is 6. The average molecular weight is 429 g/mol. The minimum absolute atomic E-state index is 0.214. The van der Waals surface area contributed by atoms with E-state index < -0.39 is 18.0 Å². The second-order valence-electron chi connectivity index (χ2n) is 8.25. The first-order chi connectivity index (χ1) is 15.0. The second-order valence-corrected chi connectivity index (χ2v) is 8.25. The van der Waals surface area contributed by atoms with Gasteiger partial charge in [-0.05, 0) is 43.2 Å². The van der Waals surface area contributed by atoms with Crippen LogP contribution in [0.1, 0.15) is 29.6 Å². The Morgan fingerprint density at radius 2 is 1.87 bits per heavy atom. The van der Waals surface area contributed by atoms with Crippen molar-refractivity contribution in [3.05, 3.63) is 66.0 Å². The number of methoxy groups -OCH3 is 1. The van der Waals surface area contributed by atoms with E-state index >= 15 is 0 Å². The topological polar surface area (TPSA) is 71.0 Å². The Kier molecular flexibility index (Phi) is 6.85. The number of hydrogen-bond donors (Lipinski definition) is 2. The molecule has 0 aromatic heterocycles. The molecule has 1 saturated carbocycles. The van der Waals surface area contributed by atoms with Crippen LogP contribution in [0.15, 0.2) is 54.6 Å². The number of carbonyl (C=O) groups is 1. The van der Waals surface area contributed by atoms with Gasteiger partial charge in [-0.15, -0.1) is 0 Å².